The van der Waals surface area contributed by atoms with E-state index < -0.39 is 0 Å². The van der Waals surface area contributed by atoms with Gasteiger partial charge in [0.1, 0.15) is 0 Å². The summed E-state index contributed by atoms with van der Waals surface area (Å²) in [4.78, 5) is 3.99. The minimum atomic E-state index is 0.0452. The van der Waals surface area contributed by atoms with E-state index in [1.165, 1.54) is 6.39 Å². The zero-order valence-electron chi connectivity index (χ0n) is 9.08. The molecule has 0 radical (unpaired) electrons. The second kappa shape index (κ2) is 4.03. The second-order valence-corrected chi connectivity index (χ2v) is 3.80. The molecule has 3 rings (SSSR count). The predicted molar refractivity (Wildman–Crippen MR) is 61.3 cm³/mol. The van der Waals surface area contributed by atoms with Gasteiger partial charge < -0.3 is 14.2 Å². The van der Waals surface area contributed by atoms with Gasteiger partial charge in [-0.15, -0.1) is 0 Å². The second-order valence-electron chi connectivity index (χ2n) is 3.80. The summed E-state index contributed by atoms with van der Waals surface area (Å²) in [5.41, 5.74) is 1.98. The predicted octanol–water partition coefficient (Wildman–Crippen LogP) is 1.56. The van der Waals surface area contributed by atoms with Crippen LogP contribution in [0.4, 0.5) is 0 Å². The van der Waals surface area contributed by atoms with Gasteiger partial charge in [-0.1, -0.05) is 17.3 Å². The molecule has 2 aromatic heterocycles. The van der Waals surface area contributed by atoms with E-state index in [-0.39, 0.29) is 6.61 Å². The van der Waals surface area contributed by atoms with Crippen LogP contribution in [0.5, 0.6) is 0 Å². The van der Waals surface area contributed by atoms with E-state index in [1.807, 2.05) is 35.0 Å². The Morgan fingerprint density at radius 1 is 1.29 bits per heavy atom. The normalized spacial score (nSPS) is 11.1. The molecule has 3 aromatic rings. The van der Waals surface area contributed by atoms with Crippen molar-refractivity contribution >= 4 is 10.9 Å². The van der Waals surface area contributed by atoms with Crippen LogP contribution in [0, 0.1) is 0 Å². The van der Waals surface area contributed by atoms with E-state index in [1.54, 1.807) is 0 Å². The first kappa shape index (κ1) is 10.0. The minimum absolute atomic E-state index is 0.0452. The Kier molecular flexibility index (Phi) is 2.38. The van der Waals surface area contributed by atoms with Crippen molar-refractivity contribution in [1.29, 1.82) is 0 Å². The van der Waals surface area contributed by atoms with Crippen LogP contribution >= 0.6 is 0 Å². The Balaban J connectivity index is 2.06. The van der Waals surface area contributed by atoms with Gasteiger partial charge in [-0.2, -0.15) is 4.98 Å². The van der Waals surface area contributed by atoms with Crippen LogP contribution in [0.25, 0.3) is 10.9 Å². The molecule has 86 valence electrons. The number of fused-ring (bicyclic) bond motifs is 1. The molecule has 17 heavy (non-hydrogen) atoms. The highest BCUT2D eigenvalue weighted by Crippen LogP contribution is 2.20. The molecule has 0 amide bonds. The summed E-state index contributed by atoms with van der Waals surface area (Å²) >= 11 is 0. The maximum Gasteiger partial charge on any atom is 0.213 e. The van der Waals surface area contributed by atoms with E-state index in [0.29, 0.717) is 12.4 Å². The maximum atomic E-state index is 9.25. The fourth-order valence-corrected chi connectivity index (χ4v) is 1.98. The van der Waals surface area contributed by atoms with Gasteiger partial charge in [0, 0.05) is 17.1 Å². The van der Waals surface area contributed by atoms with Gasteiger partial charge in [0.15, 0.2) is 5.82 Å². The molecule has 0 spiro atoms. The average Bonchev–Trinajstić information content (AvgIpc) is 2.99. The van der Waals surface area contributed by atoms with E-state index >= 15 is 0 Å². The van der Waals surface area contributed by atoms with Crippen molar-refractivity contribution < 1.29 is 9.63 Å². The van der Waals surface area contributed by atoms with Gasteiger partial charge in [-0.3, -0.25) is 0 Å². The average molecular weight is 229 g/mol. The van der Waals surface area contributed by atoms with E-state index in [2.05, 4.69) is 10.1 Å². The molecule has 0 saturated heterocycles. The third-order valence-corrected chi connectivity index (χ3v) is 2.79. The number of hydrogen-bond acceptors (Lipinski definition) is 4. The van der Waals surface area contributed by atoms with E-state index in [4.69, 9.17) is 4.52 Å². The highest BCUT2D eigenvalue weighted by atomic mass is 16.5. The highest BCUT2D eigenvalue weighted by molar-refractivity contribution is 5.83. The van der Waals surface area contributed by atoms with Crippen LogP contribution in [-0.2, 0) is 13.2 Å². The topological polar surface area (TPSA) is 64.1 Å². The first-order valence-corrected chi connectivity index (χ1v) is 5.31. The summed E-state index contributed by atoms with van der Waals surface area (Å²) < 4.78 is 6.73. The third-order valence-electron chi connectivity index (χ3n) is 2.79. The van der Waals surface area contributed by atoms with Crippen molar-refractivity contribution in [2.24, 2.45) is 0 Å². The molecular weight excluding hydrogens is 218 g/mol. The first-order valence-electron chi connectivity index (χ1n) is 5.31. The number of aliphatic hydroxyl groups is 1. The molecule has 1 N–H and O–H groups in total. The molecule has 0 aliphatic heterocycles. The zero-order valence-corrected chi connectivity index (χ0v) is 9.08. The van der Waals surface area contributed by atoms with E-state index in [9.17, 15) is 5.11 Å². The molecule has 5 heteroatoms. The summed E-state index contributed by atoms with van der Waals surface area (Å²) in [7, 11) is 0. The third kappa shape index (κ3) is 1.70. The first-order chi connectivity index (χ1) is 8.38. The van der Waals surface area contributed by atoms with Crippen LogP contribution in [0.3, 0.4) is 0 Å². The van der Waals surface area contributed by atoms with Crippen LogP contribution in [0.15, 0.2) is 41.4 Å². The quantitative estimate of drug-likeness (QED) is 0.740. The van der Waals surface area contributed by atoms with Gasteiger partial charge in [0.05, 0.1) is 13.2 Å². The van der Waals surface area contributed by atoms with Gasteiger partial charge in [0.25, 0.3) is 0 Å². The number of benzene rings is 1. The number of rotatable bonds is 3. The maximum absolute atomic E-state index is 9.25. The largest absolute Gasteiger partial charge is 0.392 e. The molecule has 0 unspecified atom stereocenters. The summed E-state index contributed by atoms with van der Waals surface area (Å²) in [5.74, 6) is 0.636. The fourth-order valence-electron chi connectivity index (χ4n) is 1.98. The van der Waals surface area contributed by atoms with Crippen LogP contribution in [0.2, 0.25) is 0 Å². The van der Waals surface area contributed by atoms with Gasteiger partial charge in [-0.25, -0.2) is 0 Å². The molecule has 5 nitrogen and oxygen atoms in total. The Bertz CT molecular complexity index is 628. The zero-order chi connectivity index (χ0) is 11.7. The van der Waals surface area contributed by atoms with Gasteiger partial charge >= 0.3 is 0 Å². The highest BCUT2D eigenvalue weighted by Gasteiger charge is 2.06. The lowest BCUT2D eigenvalue weighted by molar-refractivity contribution is 0.283. The smallest absolute Gasteiger partial charge is 0.213 e. The fraction of sp³-hybridized carbons (Fsp3) is 0.167. The van der Waals surface area contributed by atoms with Crippen molar-refractivity contribution in [2.45, 2.75) is 13.2 Å². The molecule has 0 bridgehead atoms. The summed E-state index contributed by atoms with van der Waals surface area (Å²) in [6.07, 6.45) is 3.28. The van der Waals surface area contributed by atoms with Crippen molar-refractivity contribution in [3.63, 3.8) is 0 Å². The molecule has 0 saturated carbocycles. The van der Waals surface area contributed by atoms with Crippen LogP contribution in [-0.4, -0.2) is 19.8 Å². The molecule has 0 atom stereocenters. The molecule has 0 aliphatic rings. The molecular formula is C12H11N3O2. The van der Waals surface area contributed by atoms with E-state index in [0.717, 1.165) is 16.5 Å². The van der Waals surface area contributed by atoms with Crippen molar-refractivity contribution in [3.05, 3.63) is 48.2 Å². The Morgan fingerprint density at radius 3 is 3.00 bits per heavy atom. The van der Waals surface area contributed by atoms with Gasteiger partial charge in [0.2, 0.25) is 6.39 Å². The monoisotopic (exact) mass is 229 g/mol. The number of nitrogens with zero attached hydrogens (tertiary/aromatic N) is 3. The molecule has 0 fully saturated rings. The van der Waals surface area contributed by atoms with Crippen molar-refractivity contribution in [2.75, 3.05) is 0 Å². The lowest BCUT2D eigenvalue weighted by Crippen LogP contribution is -1.99. The SMILES string of the molecule is OCc1cccc2c1ccn2Cc1ncon1. The van der Waals surface area contributed by atoms with Crippen LogP contribution < -0.4 is 0 Å². The number of hydrogen-bond donors (Lipinski definition) is 1. The van der Waals surface area contributed by atoms with Crippen molar-refractivity contribution in [3.8, 4) is 0 Å². The van der Waals surface area contributed by atoms with Crippen LogP contribution in [0.1, 0.15) is 11.4 Å². The standard InChI is InChI=1S/C12H11N3O2/c16-7-9-2-1-3-11-10(9)4-5-15(11)6-12-13-8-17-14-12/h1-5,8,16H,6-7H2. The number of aliphatic hydroxyl groups excluding tert-OH is 1. The lowest BCUT2D eigenvalue weighted by Gasteiger charge is -2.03. The summed E-state index contributed by atoms with van der Waals surface area (Å²) in [5, 5.41) is 14.1. The lowest BCUT2D eigenvalue weighted by atomic mass is 10.1. The summed E-state index contributed by atoms with van der Waals surface area (Å²) in [6.45, 7) is 0.610. The van der Waals surface area contributed by atoms with Crippen molar-refractivity contribution in [1.82, 2.24) is 14.7 Å². The van der Waals surface area contributed by atoms with Gasteiger partial charge in [-0.05, 0) is 17.7 Å². The Morgan fingerprint density at radius 2 is 2.24 bits per heavy atom. The summed E-state index contributed by atoms with van der Waals surface area (Å²) in [6, 6.07) is 7.84. The molecule has 2 heterocycles. The minimum Gasteiger partial charge on any atom is -0.392 e. The number of aromatic nitrogens is 3. The molecule has 0 aliphatic carbocycles. The molecule has 1 aromatic carbocycles. The Labute approximate surface area is 97.3 Å². The Hall–Kier alpha value is -2.14.